The summed E-state index contributed by atoms with van der Waals surface area (Å²) in [5.74, 6) is -1.07. The molecule has 1 aliphatic heterocycles. The molecule has 2 rings (SSSR count). The van der Waals surface area contributed by atoms with Gasteiger partial charge in [-0.05, 0) is 30.8 Å². The minimum Gasteiger partial charge on any atom is -0.492 e. The average molecular weight is 323 g/mol. The molecule has 8 heteroatoms. The Morgan fingerprint density at radius 1 is 1.41 bits per heavy atom. The van der Waals surface area contributed by atoms with Crippen LogP contribution in [0.25, 0.3) is 6.08 Å². The second-order valence-electron chi connectivity index (χ2n) is 4.33. The van der Waals surface area contributed by atoms with Gasteiger partial charge in [0.25, 0.3) is 11.1 Å². The molecule has 1 saturated heterocycles. The number of benzene rings is 1. The number of carbonyl (C=O) groups is 3. The summed E-state index contributed by atoms with van der Waals surface area (Å²) in [5.41, 5.74) is 0.505. The van der Waals surface area contributed by atoms with Crippen molar-refractivity contribution in [3.05, 3.63) is 28.7 Å². The fraction of sp³-hybridized carbons (Fsp3) is 0.214. The van der Waals surface area contributed by atoms with Crippen LogP contribution in [0.3, 0.4) is 0 Å². The number of carbonyl (C=O) groups excluding carboxylic acids is 2. The third kappa shape index (κ3) is 3.40. The number of hydrogen-bond acceptors (Lipinski definition) is 6. The molecule has 0 spiro atoms. The fourth-order valence-corrected chi connectivity index (χ4v) is 2.43. The Morgan fingerprint density at radius 2 is 2.14 bits per heavy atom. The zero-order chi connectivity index (χ0) is 16.3. The Kier molecular flexibility index (Phi) is 4.71. The van der Waals surface area contributed by atoms with Crippen molar-refractivity contribution in [2.45, 2.75) is 13.0 Å². The molecule has 1 aromatic rings. The lowest BCUT2D eigenvalue weighted by Crippen LogP contribution is -2.23. The van der Waals surface area contributed by atoms with Crippen molar-refractivity contribution < 1.29 is 29.0 Å². The third-order valence-corrected chi connectivity index (χ3v) is 3.60. The number of nitrogens with one attached hydrogen (secondary N) is 1. The van der Waals surface area contributed by atoms with Crippen LogP contribution in [0.1, 0.15) is 12.5 Å². The van der Waals surface area contributed by atoms with E-state index in [-0.39, 0.29) is 16.4 Å². The highest BCUT2D eigenvalue weighted by atomic mass is 32.2. The first-order valence-electron chi connectivity index (χ1n) is 6.23. The van der Waals surface area contributed by atoms with Crippen LogP contribution < -0.4 is 14.8 Å². The number of methoxy groups -OCH3 is 1. The molecule has 1 heterocycles. The summed E-state index contributed by atoms with van der Waals surface area (Å²) in [7, 11) is 1.41. The van der Waals surface area contributed by atoms with E-state index in [1.165, 1.54) is 20.1 Å². The SMILES string of the molecule is COc1c(/C=C2/SC(=O)NC2=O)cccc1O[C@@H](C)C(=O)O. The van der Waals surface area contributed by atoms with Gasteiger partial charge in [0.05, 0.1) is 12.0 Å². The van der Waals surface area contributed by atoms with E-state index in [1.54, 1.807) is 18.2 Å². The number of carboxylic acids is 1. The molecule has 22 heavy (non-hydrogen) atoms. The highest BCUT2D eigenvalue weighted by Gasteiger charge is 2.26. The number of para-hydroxylation sites is 1. The number of carboxylic acid groups (broad SMARTS) is 1. The highest BCUT2D eigenvalue weighted by Crippen LogP contribution is 2.35. The first-order chi connectivity index (χ1) is 10.4. The molecule has 2 amide bonds. The van der Waals surface area contributed by atoms with Crippen LogP contribution in [0.4, 0.5) is 4.79 Å². The fourth-order valence-electron chi connectivity index (χ4n) is 1.76. The maximum absolute atomic E-state index is 11.6. The summed E-state index contributed by atoms with van der Waals surface area (Å²) in [6.45, 7) is 1.39. The van der Waals surface area contributed by atoms with Crippen molar-refractivity contribution in [3.63, 3.8) is 0 Å². The Bertz CT molecular complexity index is 669. The van der Waals surface area contributed by atoms with Crippen molar-refractivity contribution in [3.8, 4) is 11.5 Å². The lowest BCUT2D eigenvalue weighted by atomic mass is 10.1. The predicted molar refractivity (Wildman–Crippen MR) is 79.8 cm³/mol. The Labute approximate surface area is 130 Å². The molecule has 2 N–H and O–H groups in total. The quantitative estimate of drug-likeness (QED) is 0.797. The zero-order valence-corrected chi connectivity index (χ0v) is 12.6. The first kappa shape index (κ1) is 15.9. The number of hydrogen-bond donors (Lipinski definition) is 2. The minimum atomic E-state index is -1.11. The summed E-state index contributed by atoms with van der Waals surface area (Å²) in [6, 6.07) is 4.87. The molecule has 0 radical (unpaired) electrons. The number of aliphatic carboxylic acids is 1. The standard InChI is InChI=1S/C14H13NO6S/c1-7(13(17)18)21-9-5-3-4-8(11(9)20-2)6-10-12(16)15-14(19)22-10/h3-7H,1-2H3,(H,17,18)(H,15,16,19)/b10-6+/t7-/m0/s1. The molecule has 0 saturated carbocycles. The van der Waals surface area contributed by atoms with Crippen molar-refractivity contribution in [2.75, 3.05) is 7.11 Å². The van der Waals surface area contributed by atoms with Crippen LogP contribution in [-0.2, 0) is 9.59 Å². The Hall–Kier alpha value is -2.48. The van der Waals surface area contributed by atoms with Gasteiger partial charge in [0.2, 0.25) is 0 Å². The van der Waals surface area contributed by atoms with Crippen LogP contribution in [0.15, 0.2) is 23.1 Å². The van der Waals surface area contributed by atoms with E-state index in [4.69, 9.17) is 14.6 Å². The normalized spacial score (nSPS) is 17.3. The van der Waals surface area contributed by atoms with E-state index in [2.05, 4.69) is 5.32 Å². The van der Waals surface area contributed by atoms with Crippen molar-refractivity contribution in [1.29, 1.82) is 0 Å². The van der Waals surface area contributed by atoms with Gasteiger partial charge in [-0.15, -0.1) is 0 Å². The predicted octanol–water partition coefficient (Wildman–Crippen LogP) is 1.87. The van der Waals surface area contributed by atoms with Gasteiger partial charge in [-0.2, -0.15) is 0 Å². The average Bonchev–Trinajstić information content (AvgIpc) is 2.77. The van der Waals surface area contributed by atoms with E-state index in [0.717, 1.165) is 11.8 Å². The first-order valence-corrected chi connectivity index (χ1v) is 7.05. The Morgan fingerprint density at radius 3 is 2.68 bits per heavy atom. The van der Waals surface area contributed by atoms with Gasteiger partial charge >= 0.3 is 5.97 Å². The summed E-state index contributed by atoms with van der Waals surface area (Å²) >= 11 is 0.783. The molecule has 0 bridgehead atoms. The Balaban J connectivity index is 2.37. The number of imide groups is 1. The van der Waals surface area contributed by atoms with Crippen molar-refractivity contribution in [2.24, 2.45) is 0 Å². The molecule has 1 aromatic carbocycles. The number of rotatable bonds is 5. The van der Waals surface area contributed by atoms with E-state index in [9.17, 15) is 14.4 Å². The van der Waals surface area contributed by atoms with Crippen molar-refractivity contribution in [1.82, 2.24) is 5.32 Å². The van der Waals surface area contributed by atoms with Crippen LogP contribution in [-0.4, -0.2) is 35.4 Å². The molecule has 0 aromatic heterocycles. The molecular formula is C14H13NO6S. The molecular weight excluding hydrogens is 310 g/mol. The molecule has 116 valence electrons. The second-order valence-corrected chi connectivity index (χ2v) is 5.34. The van der Waals surface area contributed by atoms with E-state index in [0.29, 0.717) is 5.56 Å². The van der Waals surface area contributed by atoms with Gasteiger partial charge in [0.15, 0.2) is 17.6 Å². The van der Waals surface area contributed by atoms with Crippen LogP contribution in [0, 0.1) is 0 Å². The molecule has 1 atom stereocenters. The van der Waals surface area contributed by atoms with E-state index >= 15 is 0 Å². The maximum atomic E-state index is 11.6. The van der Waals surface area contributed by atoms with Gasteiger partial charge in [-0.25, -0.2) is 4.79 Å². The maximum Gasteiger partial charge on any atom is 0.344 e. The smallest absolute Gasteiger partial charge is 0.344 e. The van der Waals surface area contributed by atoms with Crippen LogP contribution in [0.2, 0.25) is 0 Å². The molecule has 1 aliphatic rings. The minimum absolute atomic E-state index is 0.228. The van der Waals surface area contributed by atoms with Gasteiger partial charge in [0, 0.05) is 5.56 Å². The molecule has 0 aliphatic carbocycles. The zero-order valence-electron chi connectivity index (χ0n) is 11.8. The lowest BCUT2D eigenvalue weighted by Gasteiger charge is -2.15. The number of amides is 2. The van der Waals surface area contributed by atoms with Crippen molar-refractivity contribution >= 4 is 35.0 Å². The lowest BCUT2D eigenvalue weighted by molar-refractivity contribution is -0.144. The molecule has 0 unspecified atom stereocenters. The van der Waals surface area contributed by atoms with E-state index in [1.807, 2.05) is 0 Å². The number of ether oxygens (including phenoxy) is 2. The summed E-state index contributed by atoms with van der Waals surface area (Å²) in [5, 5.41) is 10.6. The van der Waals surface area contributed by atoms with Gasteiger partial charge < -0.3 is 14.6 Å². The van der Waals surface area contributed by atoms with E-state index < -0.39 is 23.2 Å². The van der Waals surface area contributed by atoms with Gasteiger partial charge in [-0.1, -0.05) is 12.1 Å². The molecule has 7 nitrogen and oxygen atoms in total. The topological polar surface area (TPSA) is 102 Å². The largest absolute Gasteiger partial charge is 0.492 e. The number of thioether (sulfide) groups is 1. The molecule has 1 fully saturated rings. The summed E-state index contributed by atoms with van der Waals surface area (Å²) in [4.78, 5) is 33.8. The highest BCUT2D eigenvalue weighted by molar-refractivity contribution is 8.18. The van der Waals surface area contributed by atoms with Gasteiger partial charge in [-0.3, -0.25) is 14.9 Å². The monoisotopic (exact) mass is 323 g/mol. The third-order valence-electron chi connectivity index (χ3n) is 2.79. The second kappa shape index (κ2) is 6.52. The van der Waals surface area contributed by atoms with Crippen LogP contribution in [0.5, 0.6) is 11.5 Å². The summed E-state index contributed by atoms with van der Waals surface area (Å²) < 4.78 is 10.6. The van der Waals surface area contributed by atoms with Crippen LogP contribution >= 0.6 is 11.8 Å². The summed E-state index contributed by atoms with van der Waals surface area (Å²) in [6.07, 6.45) is 0.435. The van der Waals surface area contributed by atoms with Gasteiger partial charge in [0.1, 0.15) is 0 Å².